The van der Waals surface area contributed by atoms with Crippen molar-refractivity contribution in [1.82, 2.24) is 0 Å². The van der Waals surface area contributed by atoms with Gasteiger partial charge in [0.25, 0.3) is 5.09 Å². The lowest BCUT2D eigenvalue weighted by Crippen LogP contribution is -2.66. The summed E-state index contributed by atoms with van der Waals surface area (Å²) in [6.07, 6.45) is -15.5. The molecule has 2 aliphatic heterocycles. The van der Waals surface area contributed by atoms with Gasteiger partial charge >= 0.3 is 35.8 Å². The van der Waals surface area contributed by atoms with E-state index in [4.69, 9.17) is 42.6 Å². The van der Waals surface area contributed by atoms with Gasteiger partial charge in [-0.1, -0.05) is 5.11 Å². The minimum absolute atomic E-state index is 0.622. The van der Waals surface area contributed by atoms with Gasteiger partial charge in [-0.2, -0.15) is 0 Å². The number of rotatable bonds is 13. The van der Waals surface area contributed by atoms with E-state index in [1.165, 1.54) is 0 Å². The molecule has 22 heteroatoms. The fourth-order valence-electron chi connectivity index (χ4n) is 4.52. The van der Waals surface area contributed by atoms with Crippen LogP contribution in [0.4, 0.5) is 0 Å². The summed E-state index contributed by atoms with van der Waals surface area (Å²) in [5, 5.41) is 13.3. The Morgan fingerprint density at radius 1 is 0.674 bits per heavy atom. The Morgan fingerprint density at radius 3 is 1.57 bits per heavy atom. The first-order valence-electron chi connectivity index (χ1n) is 13.3. The standard InChI is InChI=1S/C24H32N4O18/c1-9(29)37-7-15-18(20(40-12(4)32)17(26-27-25)23(43-15)46-28(35)36)45-24-22(42-14(6)34)21(41-13(5)33)19(39-11(3)31)16(44-24)8-38-10(2)30/h15-24H,7-8H2,1-6H3/t15-,16-,17?,18-,19-,20-,21+,22+,23?,24+/m1/s1. The largest absolute Gasteiger partial charge is 0.463 e. The van der Waals surface area contributed by atoms with Crippen LogP contribution in [0.2, 0.25) is 0 Å². The highest BCUT2D eigenvalue weighted by atomic mass is 17.0. The van der Waals surface area contributed by atoms with Crippen molar-refractivity contribution >= 4 is 35.8 Å². The van der Waals surface area contributed by atoms with Crippen molar-refractivity contribution in [1.29, 1.82) is 0 Å². The maximum atomic E-state index is 12.2. The highest BCUT2D eigenvalue weighted by Gasteiger charge is 2.57. The molecule has 0 aromatic heterocycles. The van der Waals surface area contributed by atoms with Crippen LogP contribution in [0.15, 0.2) is 5.11 Å². The zero-order valence-electron chi connectivity index (χ0n) is 25.3. The van der Waals surface area contributed by atoms with E-state index < -0.39 is 115 Å². The molecule has 0 radical (unpaired) electrons. The molecule has 2 fully saturated rings. The SMILES string of the molecule is CC(=O)OC[C@H]1O[C@@H](O[C@H]2[C@H](OC(C)=O)C(N=[N+]=[N-])C(O[N+](=O)[O-])O[C@@H]2COC(C)=O)[C@@H](OC(C)=O)[C@@H](OC(C)=O)[C@@H]1OC(C)=O. The molecule has 2 heterocycles. The van der Waals surface area contributed by atoms with E-state index in [0.717, 1.165) is 41.5 Å². The van der Waals surface area contributed by atoms with Crippen LogP contribution in [-0.2, 0) is 76.2 Å². The molecule has 10 atom stereocenters. The molecule has 256 valence electrons. The molecule has 2 rings (SSSR count). The van der Waals surface area contributed by atoms with E-state index >= 15 is 0 Å². The van der Waals surface area contributed by atoms with Crippen LogP contribution in [0, 0.1) is 10.1 Å². The quantitative estimate of drug-likeness (QED) is 0.0458. The van der Waals surface area contributed by atoms with Gasteiger partial charge in [-0.05, 0) is 5.53 Å². The topological polar surface area (TPSA) is 287 Å². The van der Waals surface area contributed by atoms with Crippen molar-refractivity contribution in [2.45, 2.75) is 103 Å². The summed E-state index contributed by atoms with van der Waals surface area (Å²) in [4.78, 5) is 90.1. The summed E-state index contributed by atoms with van der Waals surface area (Å²) in [7, 11) is 0. The minimum atomic E-state index is -2.02. The van der Waals surface area contributed by atoms with Gasteiger partial charge in [-0.15, -0.1) is 10.1 Å². The summed E-state index contributed by atoms with van der Waals surface area (Å²) >= 11 is 0. The first kappa shape index (κ1) is 37.4. The zero-order valence-corrected chi connectivity index (χ0v) is 25.3. The van der Waals surface area contributed by atoms with Crippen molar-refractivity contribution in [3.63, 3.8) is 0 Å². The van der Waals surface area contributed by atoms with Crippen LogP contribution >= 0.6 is 0 Å². The van der Waals surface area contributed by atoms with Gasteiger partial charge in [0.05, 0.1) is 0 Å². The first-order chi connectivity index (χ1) is 21.5. The molecule has 22 nitrogen and oxygen atoms in total. The summed E-state index contributed by atoms with van der Waals surface area (Å²) in [6.45, 7) is 4.66. The molecule has 0 spiro atoms. The van der Waals surface area contributed by atoms with E-state index in [1.54, 1.807) is 0 Å². The number of carbonyl (C=O) groups is 6. The van der Waals surface area contributed by atoms with E-state index in [2.05, 4.69) is 14.9 Å². The van der Waals surface area contributed by atoms with Crippen molar-refractivity contribution in [2.75, 3.05) is 13.2 Å². The third kappa shape index (κ3) is 11.0. The highest BCUT2D eigenvalue weighted by molar-refractivity contribution is 5.69. The highest BCUT2D eigenvalue weighted by Crippen LogP contribution is 2.35. The van der Waals surface area contributed by atoms with Crippen LogP contribution in [0.5, 0.6) is 0 Å². The number of ether oxygens (including phenoxy) is 9. The molecule has 0 amide bonds. The van der Waals surface area contributed by atoms with Crippen molar-refractivity contribution < 1.29 is 81.3 Å². The Kier molecular flexibility index (Phi) is 13.9. The third-order valence-electron chi connectivity index (χ3n) is 5.98. The van der Waals surface area contributed by atoms with Crippen LogP contribution in [0.3, 0.4) is 0 Å². The fourth-order valence-corrected chi connectivity index (χ4v) is 4.52. The second-order valence-electron chi connectivity index (χ2n) is 9.61. The van der Waals surface area contributed by atoms with Crippen LogP contribution in [0.1, 0.15) is 41.5 Å². The maximum Gasteiger partial charge on any atom is 0.303 e. The normalized spacial score (nSPS) is 30.3. The molecule has 2 saturated heterocycles. The summed E-state index contributed by atoms with van der Waals surface area (Å²) in [5.41, 5.74) is 9.18. The molecule has 0 saturated carbocycles. The number of hydrogen-bond donors (Lipinski definition) is 0. The lowest BCUT2D eigenvalue weighted by atomic mass is 9.95. The van der Waals surface area contributed by atoms with Crippen LogP contribution in [0.25, 0.3) is 10.4 Å². The second kappa shape index (κ2) is 17.1. The lowest BCUT2D eigenvalue weighted by Gasteiger charge is -2.48. The zero-order chi connectivity index (χ0) is 34.7. The van der Waals surface area contributed by atoms with E-state index in [-0.39, 0.29) is 0 Å². The lowest BCUT2D eigenvalue weighted by molar-refractivity contribution is -0.783. The second-order valence-corrected chi connectivity index (χ2v) is 9.61. The Bertz CT molecular complexity index is 1220. The van der Waals surface area contributed by atoms with Gasteiger partial charge in [0.2, 0.25) is 6.29 Å². The Labute approximate surface area is 259 Å². The minimum Gasteiger partial charge on any atom is -0.463 e. The predicted octanol–water partition coefficient (Wildman–Crippen LogP) is -0.438. The predicted molar refractivity (Wildman–Crippen MR) is 139 cm³/mol. The van der Waals surface area contributed by atoms with Gasteiger partial charge in [0.15, 0.2) is 24.6 Å². The molecule has 0 aliphatic carbocycles. The Hall–Kier alpha value is -4.79. The van der Waals surface area contributed by atoms with E-state index in [9.17, 15) is 44.4 Å². The average Bonchev–Trinajstić information content (AvgIpc) is 2.91. The van der Waals surface area contributed by atoms with E-state index in [0.29, 0.717) is 0 Å². The van der Waals surface area contributed by atoms with Gasteiger partial charge in [0, 0.05) is 46.5 Å². The molecule has 2 aliphatic rings. The average molecular weight is 665 g/mol. The number of nitrogens with zero attached hydrogens (tertiary/aromatic N) is 4. The van der Waals surface area contributed by atoms with Gasteiger partial charge in [0.1, 0.15) is 43.7 Å². The van der Waals surface area contributed by atoms with Gasteiger partial charge in [-0.3, -0.25) is 33.6 Å². The Balaban J connectivity index is 2.72. The molecule has 0 aromatic rings. The fraction of sp³-hybridized carbons (Fsp3) is 0.750. The summed E-state index contributed by atoms with van der Waals surface area (Å²) in [6, 6.07) is -1.82. The Morgan fingerprint density at radius 2 is 1.11 bits per heavy atom. The van der Waals surface area contributed by atoms with Crippen molar-refractivity contribution in [2.24, 2.45) is 5.11 Å². The monoisotopic (exact) mass is 664 g/mol. The maximum absolute atomic E-state index is 12.2. The summed E-state index contributed by atoms with van der Waals surface area (Å²) < 4.78 is 48.8. The molecule has 46 heavy (non-hydrogen) atoms. The van der Waals surface area contributed by atoms with Crippen molar-refractivity contribution in [3.05, 3.63) is 20.6 Å². The number of carbonyl (C=O) groups excluding carboxylic acids is 6. The molecular weight excluding hydrogens is 632 g/mol. The molecule has 0 N–H and O–H groups in total. The molecule has 0 aromatic carbocycles. The third-order valence-corrected chi connectivity index (χ3v) is 5.98. The van der Waals surface area contributed by atoms with Crippen molar-refractivity contribution in [3.8, 4) is 0 Å². The molecule has 0 bridgehead atoms. The molecular formula is C24H32N4O18. The summed E-state index contributed by atoms with van der Waals surface area (Å²) in [5.74, 6) is -5.46. The van der Waals surface area contributed by atoms with Gasteiger partial charge < -0.3 is 42.6 Å². The van der Waals surface area contributed by atoms with Crippen LogP contribution < -0.4 is 0 Å². The smallest absolute Gasteiger partial charge is 0.303 e. The molecule has 2 unspecified atom stereocenters. The van der Waals surface area contributed by atoms with E-state index in [1.807, 2.05) is 0 Å². The van der Waals surface area contributed by atoms with Crippen LogP contribution in [-0.4, -0.2) is 115 Å². The number of azide groups is 1. The first-order valence-corrected chi connectivity index (χ1v) is 13.3. The number of esters is 6. The van der Waals surface area contributed by atoms with Gasteiger partial charge in [-0.25, -0.2) is 0 Å². The number of hydrogen-bond acceptors (Lipinski definition) is 19.